The van der Waals surface area contributed by atoms with Crippen molar-refractivity contribution in [2.45, 2.75) is 55.8 Å². The van der Waals surface area contributed by atoms with Crippen LogP contribution in [0.1, 0.15) is 34.0 Å². The fourth-order valence-corrected chi connectivity index (χ4v) is 8.80. The number of rotatable bonds is 7. The minimum atomic E-state index is -3.29. The SMILES string of the molecule is [2H]C([2H])(F)Cc1c(F)ccc2cc(N)cc(-c3ncc4c(N5CCOC[C@H]6[C@H](F)[C@H]65)nc(OC[C@@]56CCCN5C[C@@]5(CC5(F)F)C6)nc4c3F)c12. The molecule has 2 aliphatic carbocycles. The number of anilines is 2. The average molecular weight is 687 g/mol. The van der Waals surface area contributed by atoms with Gasteiger partial charge in [-0.05, 0) is 60.3 Å². The van der Waals surface area contributed by atoms with E-state index in [1.807, 2.05) is 0 Å². The highest BCUT2D eigenvalue weighted by atomic mass is 19.3. The third-order valence-corrected chi connectivity index (χ3v) is 11.4. The molecule has 5 heterocycles. The molecule has 258 valence electrons. The van der Waals surface area contributed by atoms with E-state index in [1.54, 1.807) is 4.90 Å². The maximum atomic E-state index is 17.0. The van der Waals surface area contributed by atoms with Crippen LogP contribution in [-0.4, -0.2) is 89.6 Å². The Hall–Kier alpha value is -3.91. The lowest BCUT2D eigenvalue weighted by Gasteiger charge is -2.31. The van der Waals surface area contributed by atoms with Gasteiger partial charge in [-0.1, -0.05) is 6.07 Å². The van der Waals surface area contributed by atoms with Gasteiger partial charge in [-0.2, -0.15) is 9.97 Å². The van der Waals surface area contributed by atoms with Crippen LogP contribution in [0, 0.1) is 23.0 Å². The van der Waals surface area contributed by atoms with Crippen LogP contribution in [0.15, 0.2) is 30.5 Å². The van der Waals surface area contributed by atoms with Crippen LogP contribution in [-0.2, 0) is 11.2 Å². The molecule has 0 amide bonds. The lowest BCUT2D eigenvalue weighted by Crippen LogP contribution is -2.43. The number of fused-ring (bicyclic) bond motifs is 4. The van der Waals surface area contributed by atoms with Gasteiger partial charge in [-0.3, -0.25) is 14.3 Å². The van der Waals surface area contributed by atoms with Crippen LogP contribution < -0.4 is 15.4 Å². The van der Waals surface area contributed by atoms with E-state index in [0.29, 0.717) is 18.4 Å². The van der Waals surface area contributed by atoms with Crippen LogP contribution in [0.3, 0.4) is 0 Å². The number of ether oxygens (including phenoxy) is 2. The minimum Gasteiger partial charge on any atom is -0.461 e. The first-order chi connectivity index (χ1) is 24.2. The quantitative estimate of drug-likeness (QED) is 0.186. The van der Waals surface area contributed by atoms with Gasteiger partial charge < -0.3 is 20.1 Å². The van der Waals surface area contributed by atoms with Gasteiger partial charge in [-0.25, -0.2) is 22.0 Å². The first-order valence-corrected chi connectivity index (χ1v) is 16.5. The average Bonchev–Trinajstić information content (AvgIpc) is 3.75. The Kier molecular flexibility index (Phi) is 6.36. The molecule has 8 nitrogen and oxygen atoms in total. The summed E-state index contributed by atoms with van der Waals surface area (Å²) in [5.41, 5.74) is 3.70. The van der Waals surface area contributed by atoms with Crippen LogP contribution in [0.4, 0.5) is 37.8 Å². The van der Waals surface area contributed by atoms with Gasteiger partial charge >= 0.3 is 6.01 Å². The van der Waals surface area contributed by atoms with Gasteiger partial charge in [0.1, 0.15) is 35.6 Å². The monoisotopic (exact) mass is 686 g/mol. The molecular weight excluding hydrogens is 650 g/mol. The third-order valence-electron chi connectivity index (χ3n) is 11.4. The number of benzene rings is 2. The molecule has 2 saturated carbocycles. The van der Waals surface area contributed by atoms with E-state index in [2.05, 4.69) is 19.9 Å². The number of hydrogen-bond acceptors (Lipinski definition) is 8. The van der Waals surface area contributed by atoms with Crippen molar-refractivity contribution in [1.29, 1.82) is 0 Å². The van der Waals surface area contributed by atoms with Gasteiger partial charge in [-0.15, -0.1) is 0 Å². The van der Waals surface area contributed by atoms with Gasteiger partial charge in [0.2, 0.25) is 0 Å². The molecule has 5 atom stereocenters. The highest BCUT2D eigenvalue weighted by Gasteiger charge is 2.77. The van der Waals surface area contributed by atoms with E-state index in [1.165, 1.54) is 24.4 Å². The summed E-state index contributed by atoms with van der Waals surface area (Å²) >= 11 is 0. The lowest BCUT2D eigenvalue weighted by atomic mass is 9.89. The number of halogens is 6. The van der Waals surface area contributed by atoms with Crippen molar-refractivity contribution >= 4 is 33.2 Å². The molecule has 2 N–H and O–H groups in total. The van der Waals surface area contributed by atoms with Crippen molar-refractivity contribution in [3.63, 3.8) is 0 Å². The second kappa shape index (κ2) is 10.8. The van der Waals surface area contributed by atoms with Crippen molar-refractivity contribution < 1.29 is 38.6 Å². The Labute approximate surface area is 280 Å². The summed E-state index contributed by atoms with van der Waals surface area (Å²) in [5, 5.41) is 0.482. The summed E-state index contributed by atoms with van der Waals surface area (Å²) in [6, 6.07) is 4.46. The van der Waals surface area contributed by atoms with Gasteiger partial charge in [0, 0.05) is 49.3 Å². The van der Waals surface area contributed by atoms with Gasteiger partial charge in [0.25, 0.3) is 5.92 Å². The predicted octanol–water partition coefficient (Wildman–Crippen LogP) is 6.03. The number of aromatic nitrogens is 3. The van der Waals surface area contributed by atoms with E-state index < -0.39 is 59.7 Å². The van der Waals surface area contributed by atoms with Crippen LogP contribution in [0.5, 0.6) is 6.01 Å². The first kappa shape index (κ1) is 28.9. The van der Waals surface area contributed by atoms with E-state index in [-0.39, 0.29) is 96.4 Å². The van der Waals surface area contributed by atoms with E-state index in [4.69, 9.17) is 17.9 Å². The molecule has 3 aliphatic heterocycles. The fourth-order valence-electron chi connectivity index (χ4n) is 8.80. The number of alkyl halides is 4. The molecule has 2 aromatic carbocycles. The summed E-state index contributed by atoms with van der Waals surface area (Å²) in [4.78, 5) is 17.3. The first-order valence-electron chi connectivity index (χ1n) is 17.5. The Morgan fingerprint density at radius 3 is 2.78 bits per heavy atom. The standard InChI is InChI=1S/C35H34F6N6O2/c36-6-4-20-24(37)3-2-18-10-19(42)11-21(25(18)20)28-27(39)29-22(12-43-28)31(47-8-9-48-13-23-26(38)30(23)47)45-32(44-29)49-17-34-5-1-7-46(34)16-33(14-34)15-35(33,40)41/h2-3,10-12,23,26,30H,1,4-9,13-17,42H2/t23-,26-,30-,33-,34-/m0/s1/i6D2. The molecule has 0 radical (unpaired) electrons. The van der Waals surface area contributed by atoms with E-state index in [9.17, 15) is 13.2 Å². The summed E-state index contributed by atoms with van der Waals surface area (Å²) in [6.07, 6.45) is 0.699. The Morgan fingerprint density at radius 1 is 1.14 bits per heavy atom. The van der Waals surface area contributed by atoms with Crippen LogP contribution >= 0.6 is 0 Å². The zero-order chi connectivity index (χ0) is 35.7. The second-order valence-electron chi connectivity index (χ2n) is 14.3. The summed E-state index contributed by atoms with van der Waals surface area (Å²) < 4.78 is 117. The second-order valence-corrected chi connectivity index (χ2v) is 14.3. The van der Waals surface area contributed by atoms with Gasteiger partial charge in [0.15, 0.2) is 5.82 Å². The minimum absolute atomic E-state index is 0.00996. The molecular formula is C35H34F6N6O2. The van der Waals surface area contributed by atoms with Crippen molar-refractivity contribution in [2.75, 3.05) is 56.7 Å². The maximum absolute atomic E-state index is 17.0. The number of pyridine rings is 1. The molecule has 4 aromatic rings. The number of hydrogen-bond donors (Lipinski definition) is 1. The zero-order valence-electron chi connectivity index (χ0n) is 28.3. The van der Waals surface area contributed by atoms with Crippen molar-refractivity contribution in [3.8, 4) is 17.3 Å². The van der Waals surface area contributed by atoms with Crippen molar-refractivity contribution in [1.82, 2.24) is 19.9 Å². The third kappa shape index (κ3) is 4.69. The van der Waals surface area contributed by atoms with Crippen molar-refractivity contribution in [2.24, 2.45) is 11.3 Å². The van der Waals surface area contributed by atoms with E-state index >= 15 is 13.2 Å². The smallest absolute Gasteiger partial charge is 0.319 e. The topological polar surface area (TPSA) is 89.6 Å². The number of aryl methyl sites for hydroxylation is 1. The molecule has 2 aromatic heterocycles. The Bertz CT molecular complexity index is 2110. The molecule has 1 spiro atoms. The summed E-state index contributed by atoms with van der Waals surface area (Å²) in [5.74, 6) is -4.84. The zero-order valence-corrected chi connectivity index (χ0v) is 26.3. The lowest BCUT2D eigenvalue weighted by molar-refractivity contribution is 0.0647. The maximum Gasteiger partial charge on any atom is 0.319 e. The number of nitrogen functional groups attached to an aromatic ring is 1. The largest absolute Gasteiger partial charge is 0.461 e. The molecule has 49 heavy (non-hydrogen) atoms. The Morgan fingerprint density at radius 2 is 1.98 bits per heavy atom. The number of nitrogens with two attached hydrogens (primary N) is 1. The van der Waals surface area contributed by atoms with E-state index in [0.717, 1.165) is 12.5 Å². The summed E-state index contributed by atoms with van der Waals surface area (Å²) in [7, 11) is 0. The molecule has 14 heteroatoms. The molecule has 5 fully saturated rings. The van der Waals surface area contributed by atoms with Gasteiger partial charge in [0.05, 0.1) is 45.0 Å². The number of nitrogens with zero attached hydrogens (tertiary/aromatic N) is 5. The highest BCUT2D eigenvalue weighted by Crippen LogP contribution is 2.69. The van der Waals surface area contributed by atoms with Crippen molar-refractivity contribution in [3.05, 3.63) is 47.7 Å². The highest BCUT2D eigenvalue weighted by molar-refractivity contribution is 6.02. The molecule has 5 aliphatic rings. The normalized spacial score (nSPS) is 31.1. The Balaban J connectivity index is 1.18. The molecule has 3 saturated heterocycles. The summed E-state index contributed by atoms with van der Waals surface area (Å²) in [6.45, 7) is -1.66. The predicted molar refractivity (Wildman–Crippen MR) is 170 cm³/mol. The fraction of sp³-hybridized carbons (Fsp3) is 0.514. The molecule has 9 rings (SSSR count). The van der Waals surface area contributed by atoms with Crippen LogP contribution in [0.2, 0.25) is 0 Å². The molecule has 0 unspecified atom stereocenters. The molecule has 0 bridgehead atoms. The van der Waals surface area contributed by atoms with Crippen LogP contribution in [0.25, 0.3) is 32.9 Å².